The topological polar surface area (TPSA) is 99.8 Å². The smallest absolute Gasteiger partial charge is 0.228 e. The zero-order chi connectivity index (χ0) is 17.8. The SMILES string of the molecule is O=C(Cc1ccc(-n2cnnn2)cc1)Nc1cnn(CC2CCCO2)c1. The van der Waals surface area contributed by atoms with Gasteiger partial charge >= 0.3 is 0 Å². The van der Waals surface area contributed by atoms with E-state index in [1.807, 2.05) is 35.1 Å². The fraction of sp³-hybridized carbons (Fsp3) is 0.353. The van der Waals surface area contributed by atoms with Crippen molar-refractivity contribution in [3.8, 4) is 5.69 Å². The fourth-order valence-corrected chi connectivity index (χ4v) is 2.96. The third-order valence-electron chi connectivity index (χ3n) is 4.25. The Morgan fingerprint density at radius 2 is 2.19 bits per heavy atom. The van der Waals surface area contributed by atoms with Crippen LogP contribution in [0.1, 0.15) is 18.4 Å². The van der Waals surface area contributed by atoms with Crippen LogP contribution in [0.3, 0.4) is 0 Å². The number of amides is 1. The third-order valence-corrected chi connectivity index (χ3v) is 4.25. The Morgan fingerprint density at radius 3 is 2.92 bits per heavy atom. The standard InChI is InChI=1S/C17H19N7O2/c25-17(8-13-3-5-15(6-4-13)24-12-18-21-22-24)20-14-9-19-23(10-14)11-16-2-1-7-26-16/h3-6,9-10,12,16H,1-2,7-8,11H2,(H,20,25). The summed E-state index contributed by atoms with van der Waals surface area (Å²) in [6.45, 7) is 1.54. The summed E-state index contributed by atoms with van der Waals surface area (Å²) in [5, 5.41) is 18.2. The molecule has 1 aromatic carbocycles. The van der Waals surface area contributed by atoms with E-state index in [1.165, 1.54) is 6.33 Å². The van der Waals surface area contributed by atoms with Crippen LogP contribution < -0.4 is 5.32 Å². The molecule has 0 aliphatic carbocycles. The van der Waals surface area contributed by atoms with Crippen LogP contribution in [-0.4, -0.2) is 48.6 Å². The van der Waals surface area contributed by atoms with Crippen LogP contribution in [0.25, 0.3) is 5.69 Å². The first-order chi connectivity index (χ1) is 12.8. The van der Waals surface area contributed by atoms with Gasteiger partial charge in [-0.1, -0.05) is 12.1 Å². The number of hydrogen-bond acceptors (Lipinski definition) is 6. The number of carbonyl (C=O) groups excluding carboxylic acids is 1. The Kier molecular flexibility index (Phi) is 4.69. The number of nitrogens with zero attached hydrogens (tertiary/aromatic N) is 6. The molecule has 0 spiro atoms. The van der Waals surface area contributed by atoms with Crippen LogP contribution >= 0.6 is 0 Å². The molecule has 1 aliphatic rings. The second-order valence-corrected chi connectivity index (χ2v) is 6.23. The van der Waals surface area contributed by atoms with Gasteiger partial charge in [0.1, 0.15) is 6.33 Å². The first-order valence-electron chi connectivity index (χ1n) is 8.52. The molecule has 26 heavy (non-hydrogen) atoms. The van der Waals surface area contributed by atoms with Crippen molar-refractivity contribution in [2.75, 3.05) is 11.9 Å². The minimum atomic E-state index is -0.0863. The van der Waals surface area contributed by atoms with Gasteiger partial charge < -0.3 is 10.1 Å². The molecule has 3 heterocycles. The van der Waals surface area contributed by atoms with E-state index in [0.29, 0.717) is 12.2 Å². The number of aromatic nitrogens is 6. The third kappa shape index (κ3) is 3.94. The summed E-state index contributed by atoms with van der Waals surface area (Å²) in [6.07, 6.45) is 7.68. The van der Waals surface area contributed by atoms with Crippen molar-refractivity contribution in [2.45, 2.75) is 31.9 Å². The average Bonchev–Trinajstić information content (AvgIpc) is 3.39. The minimum absolute atomic E-state index is 0.0863. The Labute approximate surface area is 150 Å². The molecule has 2 aromatic heterocycles. The van der Waals surface area contributed by atoms with Crippen LogP contribution in [0.2, 0.25) is 0 Å². The van der Waals surface area contributed by atoms with Gasteiger partial charge in [-0.3, -0.25) is 9.48 Å². The van der Waals surface area contributed by atoms with Crippen molar-refractivity contribution in [3.63, 3.8) is 0 Å². The second kappa shape index (κ2) is 7.44. The predicted octanol–water partition coefficient (Wildman–Crippen LogP) is 1.22. The molecule has 3 aromatic rings. The molecule has 9 heteroatoms. The van der Waals surface area contributed by atoms with Crippen LogP contribution in [0.5, 0.6) is 0 Å². The molecule has 1 aliphatic heterocycles. The summed E-state index contributed by atoms with van der Waals surface area (Å²) in [7, 11) is 0. The first-order valence-corrected chi connectivity index (χ1v) is 8.52. The van der Waals surface area contributed by atoms with Gasteiger partial charge in [-0.15, -0.1) is 5.10 Å². The number of tetrazole rings is 1. The second-order valence-electron chi connectivity index (χ2n) is 6.23. The Morgan fingerprint density at radius 1 is 1.31 bits per heavy atom. The summed E-state index contributed by atoms with van der Waals surface area (Å²) in [4.78, 5) is 12.2. The van der Waals surface area contributed by atoms with E-state index in [4.69, 9.17) is 4.74 Å². The molecule has 0 saturated carbocycles. The van der Waals surface area contributed by atoms with E-state index in [2.05, 4.69) is 25.9 Å². The van der Waals surface area contributed by atoms with E-state index >= 15 is 0 Å². The minimum Gasteiger partial charge on any atom is -0.376 e. The number of carbonyl (C=O) groups is 1. The van der Waals surface area contributed by atoms with Crippen molar-refractivity contribution < 1.29 is 9.53 Å². The molecule has 1 fully saturated rings. The van der Waals surface area contributed by atoms with Crippen LogP contribution in [0.15, 0.2) is 43.0 Å². The lowest BCUT2D eigenvalue weighted by Crippen LogP contribution is -2.16. The normalized spacial score (nSPS) is 16.7. The fourth-order valence-electron chi connectivity index (χ4n) is 2.96. The van der Waals surface area contributed by atoms with E-state index in [0.717, 1.165) is 30.7 Å². The van der Waals surface area contributed by atoms with Gasteiger partial charge in [0.2, 0.25) is 5.91 Å². The number of anilines is 1. The van der Waals surface area contributed by atoms with E-state index in [1.54, 1.807) is 10.9 Å². The zero-order valence-corrected chi connectivity index (χ0v) is 14.2. The summed E-state index contributed by atoms with van der Waals surface area (Å²) < 4.78 is 8.97. The van der Waals surface area contributed by atoms with Crippen molar-refractivity contribution >= 4 is 11.6 Å². The lowest BCUT2D eigenvalue weighted by atomic mass is 10.1. The highest BCUT2D eigenvalue weighted by Crippen LogP contribution is 2.15. The zero-order valence-electron chi connectivity index (χ0n) is 14.2. The van der Waals surface area contributed by atoms with E-state index < -0.39 is 0 Å². The van der Waals surface area contributed by atoms with Gasteiger partial charge in [-0.05, 0) is 41.0 Å². The van der Waals surface area contributed by atoms with Crippen molar-refractivity contribution in [1.82, 2.24) is 30.0 Å². The maximum absolute atomic E-state index is 12.2. The molecule has 1 atom stereocenters. The largest absolute Gasteiger partial charge is 0.376 e. The summed E-state index contributed by atoms with van der Waals surface area (Å²) in [6, 6.07) is 7.52. The lowest BCUT2D eigenvalue weighted by Gasteiger charge is -2.08. The highest BCUT2D eigenvalue weighted by molar-refractivity contribution is 5.92. The van der Waals surface area contributed by atoms with Gasteiger partial charge in [-0.2, -0.15) is 5.10 Å². The summed E-state index contributed by atoms with van der Waals surface area (Å²) in [5.74, 6) is -0.0863. The molecular weight excluding hydrogens is 334 g/mol. The van der Waals surface area contributed by atoms with Gasteiger partial charge in [0, 0.05) is 12.8 Å². The maximum Gasteiger partial charge on any atom is 0.228 e. The van der Waals surface area contributed by atoms with Crippen LogP contribution in [0.4, 0.5) is 5.69 Å². The van der Waals surface area contributed by atoms with Crippen LogP contribution in [-0.2, 0) is 22.5 Å². The van der Waals surface area contributed by atoms with E-state index in [-0.39, 0.29) is 18.4 Å². The Hall–Kier alpha value is -3.07. The molecule has 1 amide bonds. The highest BCUT2D eigenvalue weighted by Gasteiger charge is 2.16. The van der Waals surface area contributed by atoms with E-state index in [9.17, 15) is 4.79 Å². The molecule has 1 N–H and O–H groups in total. The van der Waals surface area contributed by atoms with Crippen molar-refractivity contribution in [1.29, 1.82) is 0 Å². The molecule has 9 nitrogen and oxygen atoms in total. The molecule has 134 valence electrons. The number of hydrogen-bond donors (Lipinski definition) is 1. The number of rotatable bonds is 6. The number of benzene rings is 1. The Balaban J connectivity index is 1.31. The number of ether oxygens (including phenoxy) is 1. The first kappa shape index (κ1) is 16.4. The van der Waals surface area contributed by atoms with Gasteiger partial charge in [0.25, 0.3) is 0 Å². The van der Waals surface area contributed by atoms with Crippen LogP contribution in [0, 0.1) is 0 Å². The average molecular weight is 353 g/mol. The summed E-state index contributed by atoms with van der Waals surface area (Å²) in [5.41, 5.74) is 2.44. The van der Waals surface area contributed by atoms with Gasteiger partial charge in [0.15, 0.2) is 0 Å². The van der Waals surface area contributed by atoms with Gasteiger partial charge in [-0.25, -0.2) is 4.68 Å². The number of nitrogens with one attached hydrogen (secondary N) is 1. The van der Waals surface area contributed by atoms with Crippen molar-refractivity contribution in [3.05, 3.63) is 48.5 Å². The molecule has 1 unspecified atom stereocenters. The van der Waals surface area contributed by atoms with Crippen molar-refractivity contribution in [2.24, 2.45) is 0 Å². The molecule has 1 saturated heterocycles. The monoisotopic (exact) mass is 353 g/mol. The molecule has 0 bridgehead atoms. The maximum atomic E-state index is 12.2. The van der Waals surface area contributed by atoms with Gasteiger partial charge in [0.05, 0.1) is 36.6 Å². The quantitative estimate of drug-likeness (QED) is 0.715. The molecule has 0 radical (unpaired) electrons. The molecular formula is C17H19N7O2. The Bertz CT molecular complexity index is 852. The lowest BCUT2D eigenvalue weighted by molar-refractivity contribution is -0.115. The predicted molar refractivity (Wildman–Crippen MR) is 92.7 cm³/mol. The highest BCUT2D eigenvalue weighted by atomic mass is 16.5. The summed E-state index contributed by atoms with van der Waals surface area (Å²) >= 11 is 0. The molecule has 4 rings (SSSR count).